The maximum atomic E-state index is 13.0. The average molecular weight is 200 g/mol. The smallest absolute Gasteiger partial charge is 0.338 e. The van der Waals surface area contributed by atoms with E-state index in [9.17, 15) is 9.18 Å². The second kappa shape index (κ2) is 4.57. The fraction of sp³-hybridized carbons (Fsp3) is 0.222. The SMILES string of the molecule is COCOc1ccc(C(=O)O)c(F)c1. The molecular weight excluding hydrogens is 191 g/mol. The molecule has 1 rings (SSSR count). The van der Waals surface area contributed by atoms with E-state index in [1.165, 1.54) is 13.2 Å². The summed E-state index contributed by atoms with van der Waals surface area (Å²) in [7, 11) is 1.43. The minimum atomic E-state index is -1.30. The summed E-state index contributed by atoms with van der Waals surface area (Å²) in [6.45, 7) is -0.00808. The number of carboxylic acids is 1. The number of hydrogen-bond donors (Lipinski definition) is 1. The lowest BCUT2D eigenvalue weighted by molar-refractivity contribution is 0.0508. The van der Waals surface area contributed by atoms with E-state index in [0.717, 1.165) is 12.1 Å². The molecule has 1 aromatic rings. The third-order valence-corrected chi connectivity index (χ3v) is 1.51. The van der Waals surface area contributed by atoms with Crippen molar-refractivity contribution < 1.29 is 23.8 Å². The molecule has 1 N–H and O–H groups in total. The predicted octanol–water partition coefficient (Wildman–Crippen LogP) is 1.51. The van der Waals surface area contributed by atoms with Crippen LogP contribution < -0.4 is 4.74 Å². The van der Waals surface area contributed by atoms with Crippen LogP contribution in [0, 0.1) is 5.82 Å². The van der Waals surface area contributed by atoms with Crippen LogP contribution in [0.15, 0.2) is 18.2 Å². The van der Waals surface area contributed by atoms with Gasteiger partial charge in [-0.05, 0) is 12.1 Å². The van der Waals surface area contributed by atoms with Crippen molar-refractivity contribution in [1.29, 1.82) is 0 Å². The van der Waals surface area contributed by atoms with E-state index in [-0.39, 0.29) is 18.1 Å². The van der Waals surface area contributed by atoms with Gasteiger partial charge in [-0.15, -0.1) is 0 Å². The molecule has 0 heterocycles. The fourth-order valence-electron chi connectivity index (χ4n) is 0.886. The van der Waals surface area contributed by atoms with Crippen LogP contribution in [-0.2, 0) is 4.74 Å². The monoisotopic (exact) mass is 200 g/mol. The molecule has 0 fully saturated rings. The summed E-state index contributed by atoms with van der Waals surface area (Å²) in [5.41, 5.74) is -0.380. The van der Waals surface area contributed by atoms with Gasteiger partial charge < -0.3 is 14.6 Å². The summed E-state index contributed by atoms with van der Waals surface area (Å²) < 4.78 is 22.5. The van der Waals surface area contributed by atoms with E-state index in [2.05, 4.69) is 4.74 Å². The van der Waals surface area contributed by atoms with E-state index < -0.39 is 11.8 Å². The van der Waals surface area contributed by atoms with Crippen molar-refractivity contribution >= 4 is 5.97 Å². The zero-order chi connectivity index (χ0) is 10.6. The maximum absolute atomic E-state index is 13.0. The van der Waals surface area contributed by atoms with Gasteiger partial charge in [0, 0.05) is 13.2 Å². The lowest BCUT2D eigenvalue weighted by atomic mass is 10.2. The quantitative estimate of drug-likeness (QED) is 0.748. The molecule has 0 aliphatic rings. The van der Waals surface area contributed by atoms with Gasteiger partial charge in [0.2, 0.25) is 0 Å². The van der Waals surface area contributed by atoms with Gasteiger partial charge >= 0.3 is 5.97 Å². The first-order chi connectivity index (χ1) is 6.65. The molecule has 0 aliphatic heterocycles. The Morgan fingerprint density at radius 1 is 1.57 bits per heavy atom. The number of carboxylic acid groups (broad SMARTS) is 1. The van der Waals surface area contributed by atoms with Crippen molar-refractivity contribution in [1.82, 2.24) is 0 Å². The molecule has 0 bridgehead atoms. The molecule has 14 heavy (non-hydrogen) atoms. The zero-order valence-corrected chi connectivity index (χ0v) is 7.49. The molecule has 0 spiro atoms. The number of methoxy groups -OCH3 is 1. The Morgan fingerprint density at radius 2 is 2.29 bits per heavy atom. The van der Waals surface area contributed by atoms with Gasteiger partial charge in [-0.1, -0.05) is 0 Å². The van der Waals surface area contributed by atoms with E-state index >= 15 is 0 Å². The number of hydrogen-bond acceptors (Lipinski definition) is 3. The van der Waals surface area contributed by atoms with Gasteiger partial charge in [-0.25, -0.2) is 9.18 Å². The molecule has 0 aromatic heterocycles. The van der Waals surface area contributed by atoms with Crippen LogP contribution >= 0.6 is 0 Å². The second-order valence-corrected chi connectivity index (χ2v) is 2.50. The van der Waals surface area contributed by atoms with Crippen LogP contribution in [0.3, 0.4) is 0 Å². The molecule has 0 aliphatic carbocycles. The van der Waals surface area contributed by atoms with Crippen molar-refractivity contribution in [2.75, 3.05) is 13.9 Å². The topological polar surface area (TPSA) is 55.8 Å². The van der Waals surface area contributed by atoms with Gasteiger partial charge in [0.1, 0.15) is 11.6 Å². The highest BCUT2D eigenvalue weighted by Gasteiger charge is 2.10. The predicted molar refractivity (Wildman–Crippen MR) is 45.9 cm³/mol. The lowest BCUT2D eigenvalue weighted by Gasteiger charge is -2.05. The summed E-state index contributed by atoms with van der Waals surface area (Å²) in [6.07, 6.45) is 0. The molecule has 1 aromatic carbocycles. The Balaban J connectivity index is 2.83. The Morgan fingerprint density at radius 3 is 2.79 bits per heavy atom. The van der Waals surface area contributed by atoms with Crippen LogP contribution in [0.4, 0.5) is 4.39 Å². The third-order valence-electron chi connectivity index (χ3n) is 1.51. The van der Waals surface area contributed by atoms with Crippen LogP contribution in [0.5, 0.6) is 5.75 Å². The van der Waals surface area contributed by atoms with E-state index in [1.54, 1.807) is 0 Å². The molecule has 0 amide bonds. The number of carbonyl (C=O) groups is 1. The Bertz CT molecular complexity index is 338. The van der Waals surface area contributed by atoms with Crippen molar-refractivity contribution in [2.24, 2.45) is 0 Å². The lowest BCUT2D eigenvalue weighted by Crippen LogP contribution is -2.03. The number of halogens is 1. The number of ether oxygens (including phenoxy) is 2. The fourth-order valence-corrected chi connectivity index (χ4v) is 0.886. The van der Waals surface area contributed by atoms with Gasteiger partial charge in [0.25, 0.3) is 0 Å². The van der Waals surface area contributed by atoms with E-state index in [0.29, 0.717) is 0 Å². The van der Waals surface area contributed by atoms with Gasteiger partial charge in [-0.2, -0.15) is 0 Å². The number of rotatable bonds is 4. The van der Waals surface area contributed by atoms with Crippen molar-refractivity contribution in [3.8, 4) is 5.75 Å². The summed E-state index contributed by atoms with van der Waals surface area (Å²) in [4.78, 5) is 10.4. The van der Waals surface area contributed by atoms with E-state index in [1.807, 2.05) is 0 Å². The highest BCUT2D eigenvalue weighted by atomic mass is 19.1. The summed E-state index contributed by atoms with van der Waals surface area (Å²) in [5, 5.41) is 8.53. The normalized spacial score (nSPS) is 9.86. The number of benzene rings is 1. The van der Waals surface area contributed by atoms with Gasteiger partial charge in [-0.3, -0.25) is 0 Å². The summed E-state index contributed by atoms with van der Waals surface area (Å²) in [5.74, 6) is -1.90. The first-order valence-electron chi connectivity index (χ1n) is 3.79. The minimum Gasteiger partial charge on any atom is -0.478 e. The highest BCUT2D eigenvalue weighted by molar-refractivity contribution is 5.88. The van der Waals surface area contributed by atoms with Crippen LogP contribution in [-0.4, -0.2) is 25.0 Å². The van der Waals surface area contributed by atoms with Crippen molar-refractivity contribution in [3.05, 3.63) is 29.6 Å². The third kappa shape index (κ3) is 2.43. The highest BCUT2D eigenvalue weighted by Crippen LogP contribution is 2.16. The van der Waals surface area contributed by atoms with Crippen molar-refractivity contribution in [2.45, 2.75) is 0 Å². The molecule has 0 unspecified atom stereocenters. The Hall–Kier alpha value is -1.62. The van der Waals surface area contributed by atoms with Crippen LogP contribution in [0.1, 0.15) is 10.4 Å². The van der Waals surface area contributed by atoms with Gasteiger partial charge in [0.15, 0.2) is 6.79 Å². The Labute approximate surface area is 79.9 Å². The summed E-state index contributed by atoms with van der Waals surface area (Å²) >= 11 is 0. The van der Waals surface area contributed by atoms with Crippen LogP contribution in [0.2, 0.25) is 0 Å². The number of aromatic carboxylic acids is 1. The van der Waals surface area contributed by atoms with Gasteiger partial charge in [0.05, 0.1) is 5.56 Å². The molecule has 0 saturated heterocycles. The van der Waals surface area contributed by atoms with E-state index in [4.69, 9.17) is 9.84 Å². The zero-order valence-electron chi connectivity index (χ0n) is 7.49. The molecule has 0 saturated carbocycles. The first-order valence-corrected chi connectivity index (χ1v) is 3.79. The maximum Gasteiger partial charge on any atom is 0.338 e. The largest absolute Gasteiger partial charge is 0.478 e. The molecule has 76 valence electrons. The van der Waals surface area contributed by atoms with Crippen LogP contribution in [0.25, 0.3) is 0 Å². The average Bonchev–Trinajstić information content (AvgIpc) is 2.14. The molecule has 0 atom stereocenters. The minimum absolute atomic E-state index is 0.00808. The second-order valence-electron chi connectivity index (χ2n) is 2.50. The molecule has 0 radical (unpaired) electrons. The first kappa shape index (κ1) is 10.5. The Kier molecular flexibility index (Phi) is 3.41. The van der Waals surface area contributed by atoms with Crippen molar-refractivity contribution in [3.63, 3.8) is 0 Å². The summed E-state index contributed by atoms with van der Waals surface area (Å²) in [6, 6.07) is 3.51. The molecule has 5 heteroatoms. The molecular formula is C9H9FO4. The molecule has 4 nitrogen and oxygen atoms in total. The standard InChI is InChI=1S/C9H9FO4/c1-13-5-14-6-2-3-7(9(11)12)8(10)4-6/h2-4H,5H2,1H3,(H,11,12).